The van der Waals surface area contributed by atoms with Gasteiger partial charge in [0.1, 0.15) is 5.60 Å². The number of rotatable bonds is 8. The maximum atomic E-state index is 10.3. The van der Waals surface area contributed by atoms with E-state index in [9.17, 15) is 5.11 Å². The zero-order valence-electron chi connectivity index (χ0n) is 10.3. The molecule has 0 fully saturated rings. The molecule has 0 aliphatic heterocycles. The Balaban J connectivity index is 4.43. The van der Waals surface area contributed by atoms with Gasteiger partial charge in [-0.15, -0.1) is 0 Å². The molecule has 0 aliphatic carbocycles. The van der Waals surface area contributed by atoms with E-state index in [1.54, 1.807) is 0 Å². The van der Waals surface area contributed by atoms with E-state index in [-0.39, 0.29) is 0 Å². The predicted octanol–water partition coefficient (Wildman–Crippen LogP) is 3.34. The summed E-state index contributed by atoms with van der Waals surface area (Å²) in [6.45, 7) is 6.12. The van der Waals surface area contributed by atoms with Crippen LogP contribution in [0.1, 0.15) is 65.7 Å². The molecule has 0 saturated carbocycles. The number of hydrogen-bond acceptors (Lipinski definition) is 3. The van der Waals surface area contributed by atoms with E-state index in [2.05, 4.69) is 19.0 Å². The van der Waals surface area contributed by atoms with Gasteiger partial charge >= 0.3 is 0 Å². The molecule has 0 aromatic carbocycles. The Morgan fingerprint density at radius 2 is 1.73 bits per heavy atom. The van der Waals surface area contributed by atoms with Gasteiger partial charge in [0.05, 0.1) is 5.71 Å². The molecule has 0 bridgehead atoms. The largest absolute Gasteiger partial charge is 0.411 e. The zero-order valence-corrected chi connectivity index (χ0v) is 10.3. The number of unbranched alkanes of at least 4 members (excludes halogenated alkanes) is 2. The first-order valence-electron chi connectivity index (χ1n) is 6.08. The highest BCUT2D eigenvalue weighted by Crippen LogP contribution is 2.23. The van der Waals surface area contributed by atoms with Crippen molar-refractivity contribution >= 4 is 5.71 Å². The number of hydrogen-bond donors (Lipinski definition) is 2. The van der Waals surface area contributed by atoms with Crippen molar-refractivity contribution in [1.29, 1.82) is 0 Å². The highest BCUT2D eigenvalue weighted by molar-refractivity contribution is 5.91. The molecular weight excluding hydrogens is 190 g/mol. The van der Waals surface area contributed by atoms with Crippen LogP contribution in [0.2, 0.25) is 0 Å². The van der Waals surface area contributed by atoms with E-state index in [0.717, 1.165) is 25.7 Å². The summed E-state index contributed by atoms with van der Waals surface area (Å²) in [4.78, 5) is 0. The van der Waals surface area contributed by atoms with Crippen molar-refractivity contribution in [2.45, 2.75) is 71.3 Å². The Hall–Kier alpha value is -0.570. The Labute approximate surface area is 93.2 Å². The summed E-state index contributed by atoms with van der Waals surface area (Å²) < 4.78 is 0. The fraction of sp³-hybridized carbons (Fsp3) is 0.917. The Morgan fingerprint density at radius 1 is 1.13 bits per heavy atom. The lowest BCUT2D eigenvalue weighted by atomic mass is 9.86. The van der Waals surface area contributed by atoms with Crippen LogP contribution in [0.5, 0.6) is 0 Å². The molecule has 0 aliphatic rings. The number of aliphatic hydroxyl groups is 1. The van der Waals surface area contributed by atoms with E-state index < -0.39 is 5.60 Å². The van der Waals surface area contributed by atoms with E-state index in [4.69, 9.17) is 5.21 Å². The third-order valence-electron chi connectivity index (χ3n) is 2.95. The van der Waals surface area contributed by atoms with Crippen molar-refractivity contribution in [2.75, 3.05) is 0 Å². The van der Waals surface area contributed by atoms with Crippen molar-refractivity contribution < 1.29 is 10.3 Å². The van der Waals surface area contributed by atoms with Crippen LogP contribution >= 0.6 is 0 Å². The maximum absolute atomic E-state index is 10.3. The lowest BCUT2D eigenvalue weighted by molar-refractivity contribution is 0.0886. The average molecular weight is 215 g/mol. The minimum atomic E-state index is -0.889. The van der Waals surface area contributed by atoms with Crippen LogP contribution in [-0.2, 0) is 0 Å². The van der Waals surface area contributed by atoms with Gasteiger partial charge in [0, 0.05) is 0 Å². The number of nitrogens with zero attached hydrogens (tertiary/aromatic N) is 1. The third-order valence-corrected chi connectivity index (χ3v) is 2.95. The highest BCUT2D eigenvalue weighted by Gasteiger charge is 2.30. The molecule has 0 amide bonds. The van der Waals surface area contributed by atoms with Crippen molar-refractivity contribution in [3.63, 3.8) is 0 Å². The van der Waals surface area contributed by atoms with Gasteiger partial charge in [-0.2, -0.15) is 0 Å². The van der Waals surface area contributed by atoms with E-state index in [0.29, 0.717) is 25.0 Å². The second kappa shape index (κ2) is 7.69. The molecular formula is C12H25NO2. The van der Waals surface area contributed by atoms with Gasteiger partial charge in [-0.1, -0.05) is 45.2 Å². The molecule has 1 unspecified atom stereocenters. The molecule has 0 aromatic heterocycles. The quantitative estimate of drug-likeness (QED) is 0.370. The summed E-state index contributed by atoms with van der Waals surface area (Å²) in [6.07, 6.45) is 6.05. The Bertz CT molecular complexity index is 192. The van der Waals surface area contributed by atoms with Crippen LogP contribution in [0, 0.1) is 0 Å². The topological polar surface area (TPSA) is 52.8 Å². The lowest BCUT2D eigenvalue weighted by Crippen LogP contribution is -2.38. The number of oxime groups is 1. The summed E-state index contributed by atoms with van der Waals surface area (Å²) in [5, 5.41) is 22.6. The molecule has 0 aromatic rings. The van der Waals surface area contributed by atoms with Gasteiger partial charge in [-0.05, 0) is 25.7 Å². The average Bonchev–Trinajstić information content (AvgIpc) is 2.27. The molecule has 0 saturated heterocycles. The molecule has 15 heavy (non-hydrogen) atoms. The van der Waals surface area contributed by atoms with Crippen LogP contribution in [0.25, 0.3) is 0 Å². The summed E-state index contributed by atoms with van der Waals surface area (Å²) in [5.74, 6) is 0. The van der Waals surface area contributed by atoms with E-state index in [1.165, 1.54) is 0 Å². The molecule has 0 rings (SSSR count). The highest BCUT2D eigenvalue weighted by atomic mass is 16.4. The molecule has 1 atom stereocenters. The molecule has 0 heterocycles. The van der Waals surface area contributed by atoms with Gasteiger partial charge in [0.25, 0.3) is 0 Å². The zero-order chi connectivity index (χ0) is 11.7. The van der Waals surface area contributed by atoms with Crippen molar-refractivity contribution in [3.05, 3.63) is 0 Å². The first-order chi connectivity index (χ1) is 7.14. The van der Waals surface area contributed by atoms with Gasteiger partial charge in [0.15, 0.2) is 0 Å². The van der Waals surface area contributed by atoms with Crippen molar-refractivity contribution in [2.24, 2.45) is 5.16 Å². The molecule has 0 spiro atoms. The standard InChI is InChI=1S/C12H25NO2/c1-4-7-9-11(13-15)12(14,6-3)10-8-5-2/h14-15H,4-10H2,1-3H3. The van der Waals surface area contributed by atoms with Crippen LogP contribution in [0.15, 0.2) is 5.16 Å². The summed E-state index contributed by atoms with van der Waals surface area (Å²) >= 11 is 0. The Morgan fingerprint density at radius 3 is 2.13 bits per heavy atom. The van der Waals surface area contributed by atoms with Crippen LogP contribution in [-0.4, -0.2) is 21.6 Å². The minimum Gasteiger partial charge on any atom is -0.411 e. The SMILES string of the molecule is CCCCC(=NO)C(O)(CC)CCCC. The van der Waals surface area contributed by atoms with E-state index >= 15 is 0 Å². The van der Waals surface area contributed by atoms with Gasteiger partial charge < -0.3 is 10.3 Å². The van der Waals surface area contributed by atoms with Gasteiger partial charge in [-0.3, -0.25) is 0 Å². The monoisotopic (exact) mass is 215 g/mol. The second-order valence-electron chi connectivity index (χ2n) is 4.14. The van der Waals surface area contributed by atoms with Crippen LogP contribution < -0.4 is 0 Å². The first kappa shape index (κ1) is 14.4. The van der Waals surface area contributed by atoms with Crippen molar-refractivity contribution in [3.8, 4) is 0 Å². The first-order valence-corrected chi connectivity index (χ1v) is 6.08. The molecule has 3 nitrogen and oxygen atoms in total. The maximum Gasteiger partial charge on any atom is 0.106 e. The van der Waals surface area contributed by atoms with Crippen LogP contribution in [0.4, 0.5) is 0 Å². The van der Waals surface area contributed by atoms with Crippen LogP contribution in [0.3, 0.4) is 0 Å². The third kappa shape index (κ3) is 4.65. The molecule has 3 heteroatoms. The molecule has 2 N–H and O–H groups in total. The van der Waals surface area contributed by atoms with Gasteiger partial charge in [-0.25, -0.2) is 0 Å². The smallest absolute Gasteiger partial charge is 0.106 e. The molecule has 0 radical (unpaired) electrons. The normalized spacial score (nSPS) is 16.4. The lowest BCUT2D eigenvalue weighted by Gasteiger charge is -2.27. The summed E-state index contributed by atoms with van der Waals surface area (Å²) in [6, 6.07) is 0. The fourth-order valence-electron chi connectivity index (χ4n) is 1.71. The summed E-state index contributed by atoms with van der Waals surface area (Å²) in [7, 11) is 0. The van der Waals surface area contributed by atoms with Crippen molar-refractivity contribution in [1.82, 2.24) is 0 Å². The molecule has 90 valence electrons. The van der Waals surface area contributed by atoms with E-state index in [1.807, 2.05) is 6.92 Å². The van der Waals surface area contributed by atoms with Gasteiger partial charge in [0.2, 0.25) is 0 Å². The Kier molecular flexibility index (Phi) is 7.39. The minimum absolute atomic E-state index is 0.556. The second-order valence-corrected chi connectivity index (χ2v) is 4.14. The fourth-order valence-corrected chi connectivity index (χ4v) is 1.71. The summed E-state index contributed by atoms with van der Waals surface area (Å²) in [5.41, 5.74) is -0.333. The predicted molar refractivity (Wildman–Crippen MR) is 63.5 cm³/mol.